The van der Waals surface area contributed by atoms with Gasteiger partial charge in [-0.1, -0.05) is 12.8 Å². The van der Waals surface area contributed by atoms with Crippen molar-refractivity contribution >= 4 is 42.1 Å². The predicted molar refractivity (Wildman–Crippen MR) is 128 cm³/mol. The highest BCUT2D eigenvalue weighted by atomic mass is 35.5. The van der Waals surface area contributed by atoms with Crippen LogP contribution in [-0.2, 0) is 23.6 Å². The Labute approximate surface area is 212 Å². The highest BCUT2D eigenvalue weighted by Crippen LogP contribution is 2.44. The summed E-state index contributed by atoms with van der Waals surface area (Å²) in [6, 6.07) is 0.300. The number of anilines is 1. The van der Waals surface area contributed by atoms with Crippen molar-refractivity contribution in [2.45, 2.75) is 75.9 Å². The molecule has 0 spiro atoms. The number of ether oxygens (including phenoxy) is 3. The van der Waals surface area contributed by atoms with Crippen molar-refractivity contribution in [1.29, 1.82) is 0 Å². The molecule has 15 heteroatoms. The summed E-state index contributed by atoms with van der Waals surface area (Å²) in [6.07, 6.45) is 2.73. The quantitative estimate of drug-likeness (QED) is 0.345. The van der Waals surface area contributed by atoms with Gasteiger partial charge in [-0.2, -0.15) is 9.97 Å². The smallest absolute Gasteiger partial charge is 0.334 e. The lowest BCUT2D eigenvalue weighted by molar-refractivity contribution is -0.197. The fourth-order valence-electron chi connectivity index (χ4n) is 5.14. The standard InChI is InChI=1S/C21H30ClN6O7P/c1-21(2)34-15-12(8-27(3)13(29)9-36(30,31)32)33-19(16(15)35-21)28-10-23-14-17(24-11-6-4-5-7-11)25-20(22)26-18(14)28/h10-12,15-16,19H,4-9H2,1-3H3,(H,24,25,26)(H2,30,31,32)/t12-,15-,16-,19?/m1/s1. The van der Waals surface area contributed by atoms with Gasteiger partial charge in [-0.3, -0.25) is 13.9 Å². The van der Waals surface area contributed by atoms with E-state index in [1.807, 2.05) is 0 Å². The Hall–Kier alpha value is -1.86. The monoisotopic (exact) mass is 544 g/mol. The molecule has 2 aliphatic heterocycles. The molecule has 1 unspecified atom stereocenters. The van der Waals surface area contributed by atoms with Crippen LogP contribution in [0.1, 0.15) is 45.8 Å². The number of nitrogens with zero attached hydrogens (tertiary/aromatic N) is 5. The number of nitrogens with one attached hydrogen (secondary N) is 1. The number of hydrogen-bond donors (Lipinski definition) is 3. The first kappa shape index (κ1) is 25.8. The normalized spacial score (nSPS) is 28.1. The van der Waals surface area contributed by atoms with E-state index in [-0.39, 0.29) is 11.8 Å². The van der Waals surface area contributed by atoms with Gasteiger partial charge in [0, 0.05) is 19.6 Å². The van der Waals surface area contributed by atoms with E-state index in [0.29, 0.717) is 23.0 Å². The van der Waals surface area contributed by atoms with Gasteiger partial charge >= 0.3 is 7.60 Å². The minimum atomic E-state index is -4.50. The van der Waals surface area contributed by atoms with E-state index in [0.717, 1.165) is 25.7 Å². The van der Waals surface area contributed by atoms with E-state index in [9.17, 15) is 9.36 Å². The number of amides is 1. The van der Waals surface area contributed by atoms with E-state index in [1.54, 1.807) is 24.7 Å². The summed E-state index contributed by atoms with van der Waals surface area (Å²) in [6.45, 7) is 3.63. The van der Waals surface area contributed by atoms with Crippen LogP contribution in [-0.4, -0.2) is 90.0 Å². The van der Waals surface area contributed by atoms with Gasteiger partial charge < -0.3 is 34.2 Å². The molecule has 1 amide bonds. The summed E-state index contributed by atoms with van der Waals surface area (Å²) in [5, 5.41) is 3.51. The second kappa shape index (κ2) is 9.46. The first-order valence-electron chi connectivity index (χ1n) is 11.9. The van der Waals surface area contributed by atoms with Crippen LogP contribution >= 0.6 is 19.2 Å². The van der Waals surface area contributed by atoms with Gasteiger partial charge in [-0.05, 0) is 38.3 Å². The Balaban J connectivity index is 1.42. The third-order valence-electron chi connectivity index (χ3n) is 6.71. The Morgan fingerprint density at radius 2 is 1.97 bits per heavy atom. The van der Waals surface area contributed by atoms with Gasteiger partial charge in [0.25, 0.3) is 0 Å². The molecule has 0 aromatic carbocycles. The first-order chi connectivity index (χ1) is 16.9. The Morgan fingerprint density at radius 1 is 1.28 bits per heavy atom. The number of carbonyl (C=O) groups excluding carboxylic acids is 1. The molecule has 1 saturated carbocycles. The summed E-state index contributed by atoms with van der Waals surface area (Å²) < 4.78 is 31.6. The first-order valence-corrected chi connectivity index (χ1v) is 14.0. The SMILES string of the molecule is CN(C[C@H]1OC(n2cnc3c(NC4CCCC4)nc(Cl)nc32)[C@@H]2OC(C)(C)O[C@H]12)C(=O)CP(=O)(O)O. The molecule has 0 bridgehead atoms. The average molecular weight is 545 g/mol. The molecule has 1 aliphatic carbocycles. The molecule has 0 radical (unpaired) electrons. The van der Waals surface area contributed by atoms with E-state index >= 15 is 0 Å². The van der Waals surface area contributed by atoms with Gasteiger partial charge in [0.2, 0.25) is 11.2 Å². The molecule has 3 aliphatic rings. The molecular weight excluding hydrogens is 515 g/mol. The summed E-state index contributed by atoms with van der Waals surface area (Å²) in [4.78, 5) is 45.2. The molecule has 5 rings (SSSR count). The third kappa shape index (κ3) is 5.24. The lowest BCUT2D eigenvalue weighted by Gasteiger charge is -2.27. The summed E-state index contributed by atoms with van der Waals surface area (Å²) >= 11 is 6.28. The van der Waals surface area contributed by atoms with Crippen LogP contribution < -0.4 is 5.32 Å². The van der Waals surface area contributed by atoms with E-state index < -0.39 is 50.0 Å². The van der Waals surface area contributed by atoms with Crippen molar-refractivity contribution in [3.8, 4) is 0 Å². The Bertz CT molecular complexity index is 1200. The van der Waals surface area contributed by atoms with Gasteiger partial charge in [0.15, 0.2) is 29.0 Å². The minimum Gasteiger partial charge on any atom is -0.365 e. The zero-order chi connectivity index (χ0) is 25.8. The van der Waals surface area contributed by atoms with Crippen LogP contribution in [0.25, 0.3) is 11.2 Å². The Morgan fingerprint density at radius 3 is 2.67 bits per heavy atom. The number of likely N-dealkylation sites (N-methyl/N-ethyl adjacent to an activating group) is 1. The molecule has 4 heterocycles. The fourth-order valence-corrected chi connectivity index (χ4v) is 5.90. The van der Waals surface area contributed by atoms with Crippen LogP contribution in [0, 0.1) is 0 Å². The maximum atomic E-state index is 12.3. The molecule has 2 aromatic heterocycles. The van der Waals surface area contributed by atoms with E-state index in [2.05, 4.69) is 20.3 Å². The number of imidazole rings is 1. The summed E-state index contributed by atoms with van der Waals surface area (Å²) in [7, 11) is -3.03. The number of carbonyl (C=O) groups is 1. The third-order valence-corrected chi connectivity index (χ3v) is 7.56. The Kier molecular flexibility index (Phi) is 6.78. The zero-order valence-electron chi connectivity index (χ0n) is 20.2. The number of rotatable bonds is 7. The van der Waals surface area contributed by atoms with Crippen molar-refractivity contribution in [1.82, 2.24) is 24.4 Å². The van der Waals surface area contributed by atoms with Gasteiger partial charge in [0.05, 0.1) is 6.33 Å². The highest BCUT2D eigenvalue weighted by molar-refractivity contribution is 7.52. The molecule has 13 nitrogen and oxygen atoms in total. The second-order valence-corrected chi connectivity index (χ2v) is 12.0. The molecule has 3 fully saturated rings. The van der Waals surface area contributed by atoms with Gasteiger partial charge in [-0.15, -0.1) is 0 Å². The maximum absolute atomic E-state index is 12.3. The maximum Gasteiger partial charge on any atom is 0.334 e. The average Bonchev–Trinajstić information content (AvgIpc) is 3.52. The molecule has 36 heavy (non-hydrogen) atoms. The van der Waals surface area contributed by atoms with Crippen LogP contribution in [0.3, 0.4) is 0 Å². The highest BCUT2D eigenvalue weighted by Gasteiger charge is 2.56. The topological polar surface area (TPSA) is 161 Å². The molecule has 198 valence electrons. The molecule has 3 N–H and O–H groups in total. The van der Waals surface area contributed by atoms with Gasteiger partial charge in [0.1, 0.15) is 24.5 Å². The summed E-state index contributed by atoms with van der Waals surface area (Å²) in [5.74, 6) is -1.03. The van der Waals surface area contributed by atoms with Crippen molar-refractivity contribution in [2.24, 2.45) is 0 Å². The predicted octanol–water partition coefficient (Wildman–Crippen LogP) is 1.89. The van der Waals surface area contributed by atoms with Crippen molar-refractivity contribution in [3.05, 3.63) is 11.6 Å². The number of aromatic nitrogens is 4. The number of halogens is 1. The van der Waals surface area contributed by atoms with E-state index in [4.69, 9.17) is 35.6 Å². The van der Waals surface area contributed by atoms with Crippen LogP contribution in [0.5, 0.6) is 0 Å². The van der Waals surface area contributed by atoms with Crippen molar-refractivity contribution in [3.63, 3.8) is 0 Å². The fraction of sp³-hybridized carbons (Fsp3) is 0.714. The number of hydrogen-bond acceptors (Lipinski definition) is 9. The minimum absolute atomic E-state index is 0.0484. The lowest BCUT2D eigenvalue weighted by atomic mass is 10.1. The largest absolute Gasteiger partial charge is 0.365 e. The molecule has 2 aromatic rings. The van der Waals surface area contributed by atoms with Crippen LogP contribution in [0.4, 0.5) is 5.82 Å². The van der Waals surface area contributed by atoms with Crippen LogP contribution in [0.15, 0.2) is 6.33 Å². The van der Waals surface area contributed by atoms with Gasteiger partial charge in [-0.25, -0.2) is 4.98 Å². The molecule has 2 saturated heterocycles. The molecule has 4 atom stereocenters. The zero-order valence-corrected chi connectivity index (χ0v) is 21.9. The second-order valence-electron chi connectivity index (χ2n) is 10.0. The lowest BCUT2D eigenvalue weighted by Crippen LogP contribution is -2.41. The summed E-state index contributed by atoms with van der Waals surface area (Å²) in [5.41, 5.74) is 1.03. The van der Waals surface area contributed by atoms with Crippen molar-refractivity contribution in [2.75, 3.05) is 25.1 Å². The van der Waals surface area contributed by atoms with Crippen molar-refractivity contribution < 1.29 is 33.4 Å². The van der Waals surface area contributed by atoms with Crippen LogP contribution in [0.2, 0.25) is 5.28 Å². The molecular formula is C21H30ClN6O7P. The number of fused-ring (bicyclic) bond motifs is 2. The van der Waals surface area contributed by atoms with E-state index in [1.165, 1.54) is 11.9 Å².